The molecule has 0 unspecified atom stereocenters. The number of likely N-dealkylation sites (N-methyl/N-ethyl adjacent to an activating group) is 1. The van der Waals surface area contributed by atoms with Crippen LogP contribution >= 0.6 is 0 Å². The van der Waals surface area contributed by atoms with Gasteiger partial charge in [0.05, 0.1) is 0 Å². The van der Waals surface area contributed by atoms with Gasteiger partial charge in [-0.2, -0.15) is 0 Å². The van der Waals surface area contributed by atoms with Crippen molar-refractivity contribution in [2.45, 2.75) is 13.3 Å². The standard InChI is InChI=1S/C12H22N4/c1-4-7-16(9-8-15(2)3)11-5-6-14-12(13)10-11/h5-6,10H,4,7-9H2,1-3H3,(H2,13,14). The summed E-state index contributed by atoms with van der Waals surface area (Å²) in [5.41, 5.74) is 6.86. The van der Waals surface area contributed by atoms with Crippen molar-refractivity contribution in [1.29, 1.82) is 0 Å². The van der Waals surface area contributed by atoms with Crippen LogP contribution in [0.3, 0.4) is 0 Å². The van der Waals surface area contributed by atoms with Crippen LogP contribution in [0.2, 0.25) is 0 Å². The Hall–Kier alpha value is -1.29. The Balaban J connectivity index is 2.68. The maximum atomic E-state index is 5.70. The molecule has 0 radical (unpaired) electrons. The van der Waals surface area contributed by atoms with E-state index in [2.05, 4.69) is 35.8 Å². The SMILES string of the molecule is CCCN(CCN(C)C)c1ccnc(N)c1. The maximum Gasteiger partial charge on any atom is 0.125 e. The third-order valence-corrected chi connectivity index (χ3v) is 2.44. The molecular weight excluding hydrogens is 200 g/mol. The van der Waals surface area contributed by atoms with Gasteiger partial charge in [0.25, 0.3) is 0 Å². The predicted molar refractivity (Wildman–Crippen MR) is 69.7 cm³/mol. The summed E-state index contributed by atoms with van der Waals surface area (Å²) in [4.78, 5) is 8.55. The lowest BCUT2D eigenvalue weighted by molar-refractivity contribution is 0.413. The molecule has 0 aromatic carbocycles. The predicted octanol–water partition coefficient (Wildman–Crippen LogP) is 1.44. The summed E-state index contributed by atoms with van der Waals surface area (Å²) in [7, 11) is 4.18. The Morgan fingerprint density at radius 1 is 1.25 bits per heavy atom. The van der Waals surface area contributed by atoms with Crippen LogP contribution in [0.1, 0.15) is 13.3 Å². The number of nitrogens with two attached hydrogens (primary N) is 1. The zero-order chi connectivity index (χ0) is 12.0. The van der Waals surface area contributed by atoms with Gasteiger partial charge >= 0.3 is 0 Å². The van der Waals surface area contributed by atoms with Gasteiger partial charge in [-0.05, 0) is 26.6 Å². The monoisotopic (exact) mass is 222 g/mol. The highest BCUT2D eigenvalue weighted by molar-refractivity contribution is 5.51. The van der Waals surface area contributed by atoms with Gasteiger partial charge in [0.2, 0.25) is 0 Å². The first-order valence-electron chi connectivity index (χ1n) is 5.74. The minimum Gasteiger partial charge on any atom is -0.384 e. The molecule has 0 bridgehead atoms. The van der Waals surface area contributed by atoms with E-state index in [1.165, 1.54) is 0 Å². The fourth-order valence-corrected chi connectivity index (χ4v) is 1.59. The lowest BCUT2D eigenvalue weighted by Gasteiger charge is -2.26. The second-order valence-corrected chi connectivity index (χ2v) is 4.23. The summed E-state index contributed by atoms with van der Waals surface area (Å²) in [6.07, 6.45) is 2.90. The van der Waals surface area contributed by atoms with Gasteiger partial charge < -0.3 is 15.5 Å². The van der Waals surface area contributed by atoms with Crippen LogP contribution in [-0.2, 0) is 0 Å². The van der Waals surface area contributed by atoms with Crippen molar-refractivity contribution in [3.63, 3.8) is 0 Å². The molecule has 1 aromatic heterocycles. The van der Waals surface area contributed by atoms with E-state index in [4.69, 9.17) is 5.73 Å². The number of anilines is 2. The zero-order valence-electron chi connectivity index (χ0n) is 10.5. The zero-order valence-corrected chi connectivity index (χ0v) is 10.5. The van der Waals surface area contributed by atoms with Crippen molar-refractivity contribution in [3.05, 3.63) is 18.3 Å². The van der Waals surface area contributed by atoms with Gasteiger partial charge in [-0.25, -0.2) is 4.98 Å². The number of rotatable bonds is 6. The van der Waals surface area contributed by atoms with Gasteiger partial charge in [0.15, 0.2) is 0 Å². The van der Waals surface area contributed by atoms with Gasteiger partial charge in [-0.1, -0.05) is 6.92 Å². The van der Waals surface area contributed by atoms with Crippen LogP contribution in [0.4, 0.5) is 11.5 Å². The average Bonchev–Trinajstić information content (AvgIpc) is 2.24. The molecule has 0 saturated carbocycles. The molecule has 1 heterocycles. The van der Waals surface area contributed by atoms with Gasteiger partial charge in [-0.3, -0.25) is 0 Å². The topological polar surface area (TPSA) is 45.4 Å². The molecule has 0 saturated heterocycles. The maximum absolute atomic E-state index is 5.70. The van der Waals surface area contributed by atoms with E-state index in [1.807, 2.05) is 12.1 Å². The van der Waals surface area contributed by atoms with E-state index in [0.29, 0.717) is 5.82 Å². The second kappa shape index (κ2) is 6.33. The lowest BCUT2D eigenvalue weighted by atomic mass is 10.3. The van der Waals surface area contributed by atoms with Crippen molar-refractivity contribution in [1.82, 2.24) is 9.88 Å². The third kappa shape index (κ3) is 4.06. The molecule has 90 valence electrons. The van der Waals surface area contributed by atoms with Crippen molar-refractivity contribution in [2.75, 3.05) is 44.4 Å². The summed E-state index contributed by atoms with van der Waals surface area (Å²) < 4.78 is 0. The Morgan fingerprint density at radius 2 is 2.00 bits per heavy atom. The van der Waals surface area contributed by atoms with Gasteiger partial charge in [0, 0.05) is 37.6 Å². The first-order chi connectivity index (χ1) is 7.63. The van der Waals surface area contributed by atoms with E-state index in [1.54, 1.807) is 6.20 Å². The molecule has 0 spiro atoms. The number of nitrogen functional groups attached to an aromatic ring is 1. The summed E-state index contributed by atoms with van der Waals surface area (Å²) in [5.74, 6) is 0.587. The largest absolute Gasteiger partial charge is 0.384 e. The normalized spacial score (nSPS) is 10.8. The fraction of sp³-hybridized carbons (Fsp3) is 0.583. The molecule has 0 aliphatic carbocycles. The number of hydrogen-bond donors (Lipinski definition) is 1. The molecular formula is C12H22N4. The Bertz CT molecular complexity index is 312. The molecule has 0 amide bonds. The minimum absolute atomic E-state index is 0.587. The molecule has 4 heteroatoms. The molecule has 16 heavy (non-hydrogen) atoms. The Labute approximate surface area is 98.1 Å². The van der Waals surface area contributed by atoms with Crippen molar-refractivity contribution < 1.29 is 0 Å². The van der Waals surface area contributed by atoms with Crippen LogP contribution in [0.25, 0.3) is 0 Å². The minimum atomic E-state index is 0.587. The van der Waals surface area contributed by atoms with E-state index in [-0.39, 0.29) is 0 Å². The molecule has 1 rings (SSSR count). The summed E-state index contributed by atoms with van der Waals surface area (Å²) >= 11 is 0. The third-order valence-electron chi connectivity index (χ3n) is 2.44. The number of aromatic nitrogens is 1. The molecule has 0 fully saturated rings. The van der Waals surface area contributed by atoms with E-state index >= 15 is 0 Å². The molecule has 0 aliphatic rings. The summed E-state index contributed by atoms with van der Waals surface area (Å²) in [5, 5.41) is 0. The van der Waals surface area contributed by atoms with E-state index in [9.17, 15) is 0 Å². The number of nitrogens with zero attached hydrogens (tertiary/aromatic N) is 3. The first-order valence-corrected chi connectivity index (χ1v) is 5.74. The van der Waals surface area contributed by atoms with Crippen molar-refractivity contribution in [3.8, 4) is 0 Å². The molecule has 4 nitrogen and oxygen atoms in total. The van der Waals surface area contributed by atoms with Crippen LogP contribution in [0.15, 0.2) is 18.3 Å². The lowest BCUT2D eigenvalue weighted by Crippen LogP contribution is -2.32. The Morgan fingerprint density at radius 3 is 2.56 bits per heavy atom. The average molecular weight is 222 g/mol. The first kappa shape index (κ1) is 12.8. The fourth-order valence-electron chi connectivity index (χ4n) is 1.59. The number of pyridine rings is 1. The second-order valence-electron chi connectivity index (χ2n) is 4.23. The molecule has 1 aromatic rings. The van der Waals surface area contributed by atoms with Crippen LogP contribution in [0.5, 0.6) is 0 Å². The smallest absolute Gasteiger partial charge is 0.125 e. The highest BCUT2D eigenvalue weighted by Gasteiger charge is 2.06. The quantitative estimate of drug-likeness (QED) is 0.791. The van der Waals surface area contributed by atoms with Crippen LogP contribution < -0.4 is 10.6 Å². The van der Waals surface area contributed by atoms with Crippen molar-refractivity contribution >= 4 is 11.5 Å². The molecule has 0 aliphatic heterocycles. The van der Waals surface area contributed by atoms with E-state index in [0.717, 1.165) is 31.7 Å². The summed E-state index contributed by atoms with van der Waals surface area (Å²) in [6.45, 7) is 5.30. The van der Waals surface area contributed by atoms with Gasteiger partial charge in [0.1, 0.15) is 5.82 Å². The van der Waals surface area contributed by atoms with E-state index < -0.39 is 0 Å². The molecule has 2 N–H and O–H groups in total. The number of hydrogen-bond acceptors (Lipinski definition) is 4. The highest BCUT2D eigenvalue weighted by Crippen LogP contribution is 2.15. The van der Waals surface area contributed by atoms with Crippen LogP contribution in [0, 0.1) is 0 Å². The van der Waals surface area contributed by atoms with Gasteiger partial charge in [-0.15, -0.1) is 0 Å². The van der Waals surface area contributed by atoms with Crippen molar-refractivity contribution in [2.24, 2.45) is 0 Å². The van der Waals surface area contributed by atoms with Crippen LogP contribution in [-0.4, -0.2) is 43.6 Å². The Kier molecular flexibility index (Phi) is 5.05. The highest BCUT2D eigenvalue weighted by atomic mass is 15.2. The summed E-state index contributed by atoms with van der Waals surface area (Å²) in [6, 6.07) is 3.95. The molecule has 0 atom stereocenters.